The minimum Gasteiger partial charge on any atom is -0.444 e. The van der Waals surface area contributed by atoms with Crippen LogP contribution in [0.2, 0.25) is 0 Å². The number of rotatable bonds is 3. The SMILES string of the molecule is C/C(=N\NC(=O)c1ccc(Br)o1)c1cccs1. The summed E-state index contributed by atoms with van der Waals surface area (Å²) < 4.78 is 5.62. The smallest absolute Gasteiger partial charge is 0.307 e. The van der Waals surface area contributed by atoms with Crippen LogP contribution in [0.15, 0.2) is 43.8 Å². The van der Waals surface area contributed by atoms with Crippen molar-refractivity contribution >= 4 is 38.9 Å². The Morgan fingerprint density at radius 2 is 2.29 bits per heavy atom. The van der Waals surface area contributed by atoms with Crippen molar-refractivity contribution in [1.82, 2.24) is 5.43 Å². The van der Waals surface area contributed by atoms with Gasteiger partial charge in [-0.2, -0.15) is 5.10 Å². The summed E-state index contributed by atoms with van der Waals surface area (Å²) in [6, 6.07) is 7.11. The van der Waals surface area contributed by atoms with Gasteiger partial charge in [0.15, 0.2) is 10.4 Å². The first kappa shape index (κ1) is 12.1. The fourth-order valence-electron chi connectivity index (χ4n) is 1.17. The molecular weight excluding hydrogens is 304 g/mol. The van der Waals surface area contributed by atoms with Gasteiger partial charge < -0.3 is 4.42 Å². The Bertz CT molecular complexity index is 546. The van der Waals surface area contributed by atoms with E-state index in [1.165, 1.54) is 0 Å². The highest BCUT2D eigenvalue weighted by Gasteiger charge is 2.09. The van der Waals surface area contributed by atoms with Crippen LogP contribution in [0, 0.1) is 0 Å². The number of thiophene rings is 1. The maximum absolute atomic E-state index is 11.6. The number of hydrogen-bond donors (Lipinski definition) is 1. The minimum absolute atomic E-state index is 0.222. The summed E-state index contributed by atoms with van der Waals surface area (Å²) >= 11 is 4.70. The Hall–Kier alpha value is -1.40. The third-order valence-electron chi connectivity index (χ3n) is 2.00. The van der Waals surface area contributed by atoms with Crippen molar-refractivity contribution in [2.24, 2.45) is 5.10 Å². The first-order chi connectivity index (χ1) is 8.16. The molecule has 0 aromatic carbocycles. The molecule has 0 aliphatic carbocycles. The maximum atomic E-state index is 11.6. The summed E-state index contributed by atoms with van der Waals surface area (Å²) in [6.07, 6.45) is 0. The number of amides is 1. The fourth-order valence-corrected chi connectivity index (χ4v) is 2.15. The van der Waals surface area contributed by atoms with E-state index in [0.29, 0.717) is 4.67 Å². The Balaban J connectivity index is 2.03. The van der Waals surface area contributed by atoms with Gasteiger partial charge in [0, 0.05) is 4.88 Å². The van der Waals surface area contributed by atoms with Gasteiger partial charge in [-0.15, -0.1) is 11.3 Å². The van der Waals surface area contributed by atoms with Gasteiger partial charge in [-0.3, -0.25) is 4.79 Å². The third-order valence-corrected chi connectivity index (χ3v) is 3.40. The molecule has 0 bridgehead atoms. The van der Waals surface area contributed by atoms with Gasteiger partial charge in [-0.1, -0.05) is 6.07 Å². The molecule has 4 nitrogen and oxygen atoms in total. The van der Waals surface area contributed by atoms with Crippen molar-refractivity contribution in [3.8, 4) is 0 Å². The first-order valence-electron chi connectivity index (χ1n) is 4.80. The van der Waals surface area contributed by atoms with E-state index in [9.17, 15) is 4.79 Å². The lowest BCUT2D eigenvalue weighted by atomic mass is 10.3. The van der Waals surface area contributed by atoms with E-state index in [2.05, 4.69) is 26.5 Å². The summed E-state index contributed by atoms with van der Waals surface area (Å²) in [5.74, 6) is -0.147. The molecule has 2 aromatic rings. The number of hydrazone groups is 1. The molecule has 17 heavy (non-hydrogen) atoms. The molecule has 0 aliphatic heterocycles. The third kappa shape index (κ3) is 3.04. The predicted molar refractivity (Wildman–Crippen MR) is 70.4 cm³/mol. The van der Waals surface area contributed by atoms with E-state index >= 15 is 0 Å². The zero-order chi connectivity index (χ0) is 12.3. The monoisotopic (exact) mass is 312 g/mol. The van der Waals surface area contributed by atoms with Crippen molar-refractivity contribution in [3.05, 3.63) is 45.0 Å². The van der Waals surface area contributed by atoms with E-state index < -0.39 is 0 Å². The average molecular weight is 313 g/mol. The number of carbonyl (C=O) groups excluding carboxylic acids is 1. The zero-order valence-electron chi connectivity index (χ0n) is 8.94. The summed E-state index contributed by atoms with van der Waals surface area (Å²) in [5.41, 5.74) is 3.20. The Kier molecular flexibility index (Phi) is 3.75. The standard InChI is InChI=1S/C11H9BrN2O2S/c1-7(9-3-2-6-17-9)13-14-11(15)8-4-5-10(12)16-8/h2-6H,1H3,(H,14,15)/b13-7+. The van der Waals surface area contributed by atoms with Crippen LogP contribution in [0.3, 0.4) is 0 Å². The van der Waals surface area contributed by atoms with Crippen molar-refractivity contribution in [1.29, 1.82) is 0 Å². The van der Waals surface area contributed by atoms with E-state index in [0.717, 1.165) is 10.6 Å². The van der Waals surface area contributed by atoms with Crippen molar-refractivity contribution in [2.45, 2.75) is 6.92 Å². The van der Waals surface area contributed by atoms with Gasteiger partial charge >= 0.3 is 5.91 Å². The van der Waals surface area contributed by atoms with Crippen LogP contribution in [0.25, 0.3) is 0 Å². The van der Waals surface area contributed by atoms with Crippen LogP contribution >= 0.6 is 27.3 Å². The van der Waals surface area contributed by atoms with Gasteiger partial charge in [0.2, 0.25) is 0 Å². The molecule has 1 N–H and O–H groups in total. The summed E-state index contributed by atoms with van der Waals surface area (Å²) in [6.45, 7) is 1.84. The topological polar surface area (TPSA) is 54.6 Å². The minimum atomic E-state index is -0.369. The molecule has 6 heteroatoms. The van der Waals surface area contributed by atoms with Crippen molar-refractivity contribution in [2.75, 3.05) is 0 Å². The summed E-state index contributed by atoms with van der Waals surface area (Å²) in [5, 5.41) is 5.96. The van der Waals surface area contributed by atoms with Crippen LogP contribution < -0.4 is 5.43 Å². The number of furan rings is 1. The van der Waals surface area contributed by atoms with Crippen LogP contribution in [-0.4, -0.2) is 11.6 Å². The Morgan fingerprint density at radius 3 is 2.88 bits per heavy atom. The molecule has 0 unspecified atom stereocenters. The van der Waals surface area contributed by atoms with Crippen LogP contribution in [0.4, 0.5) is 0 Å². The molecular formula is C11H9BrN2O2S. The lowest BCUT2D eigenvalue weighted by Crippen LogP contribution is -2.18. The van der Waals surface area contributed by atoms with Gasteiger partial charge in [-0.25, -0.2) is 5.43 Å². The average Bonchev–Trinajstić information content (AvgIpc) is 2.95. The molecule has 0 saturated carbocycles. The molecule has 2 rings (SSSR count). The zero-order valence-corrected chi connectivity index (χ0v) is 11.3. The second-order valence-electron chi connectivity index (χ2n) is 3.22. The summed E-state index contributed by atoms with van der Waals surface area (Å²) in [7, 11) is 0. The molecule has 0 aliphatic rings. The number of carbonyl (C=O) groups is 1. The molecule has 2 aromatic heterocycles. The quantitative estimate of drug-likeness (QED) is 0.698. The van der Waals surface area contributed by atoms with E-state index in [1.807, 2.05) is 24.4 Å². The molecule has 0 radical (unpaired) electrons. The molecule has 0 spiro atoms. The highest BCUT2D eigenvalue weighted by atomic mass is 79.9. The number of nitrogens with zero attached hydrogens (tertiary/aromatic N) is 1. The van der Waals surface area contributed by atoms with Gasteiger partial charge in [-0.05, 0) is 46.4 Å². The molecule has 1 amide bonds. The highest BCUT2D eigenvalue weighted by molar-refractivity contribution is 9.10. The van der Waals surface area contributed by atoms with Crippen LogP contribution in [0.5, 0.6) is 0 Å². The molecule has 0 fully saturated rings. The predicted octanol–water partition coefficient (Wildman–Crippen LogP) is 3.26. The second-order valence-corrected chi connectivity index (χ2v) is 4.95. The normalized spacial score (nSPS) is 11.5. The fraction of sp³-hybridized carbons (Fsp3) is 0.0909. The second kappa shape index (κ2) is 5.29. The lowest BCUT2D eigenvalue weighted by molar-refractivity contribution is 0.0926. The summed E-state index contributed by atoms with van der Waals surface area (Å²) in [4.78, 5) is 12.6. The first-order valence-corrected chi connectivity index (χ1v) is 6.48. The van der Waals surface area contributed by atoms with Crippen LogP contribution in [0.1, 0.15) is 22.4 Å². The number of halogens is 1. The number of hydrogen-bond acceptors (Lipinski definition) is 4. The Labute approximate surface area is 110 Å². The van der Waals surface area contributed by atoms with E-state index in [1.54, 1.807) is 23.5 Å². The largest absolute Gasteiger partial charge is 0.444 e. The highest BCUT2D eigenvalue weighted by Crippen LogP contribution is 2.14. The lowest BCUT2D eigenvalue weighted by Gasteiger charge is -1.98. The van der Waals surface area contributed by atoms with Crippen molar-refractivity contribution in [3.63, 3.8) is 0 Å². The molecule has 0 atom stereocenters. The Morgan fingerprint density at radius 1 is 1.47 bits per heavy atom. The number of nitrogens with one attached hydrogen (secondary N) is 1. The maximum Gasteiger partial charge on any atom is 0.307 e. The van der Waals surface area contributed by atoms with Crippen molar-refractivity contribution < 1.29 is 9.21 Å². The molecule has 2 heterocycles. The van der Waals surface area contributed by atoms with Gasteiger partial charge in [0.25, 0.3) is 0 Å². The van der Waals surface area contributed by atoms with Crippen LogP contribution in [-0.2, 0) is 0 Å². The molecule has 0 saturated heterocycles. The van der Waals surface area contributed by atoms with E-state index in [-0.39, 0.29) is 11.7 Å². The van der Waals surface area contributed by atoms with Gasteiger partial charge in [0.1, 0.15) is 0 Å². The van der Waals surface area contributed by atoms with Gasteiger partial charge in [0.05, 0.1) is 5.71 Å². The van der Waals surface area contributed by atoms with E-state index in [4.69, 9.17) is 4.42 Å². The molecule has 88 valence electrons.